The molecule has 9 heteroatoms. The molecule has 0 radical (unpaired) electrons. The Morgan fingerprint density at radius 3 is 2.40 bits per heavy atom. The van der Waals surface area contributed by atoms with E-state index in [1.807, 2.05) is 0 Å². The lowest BCUT2D eigenvalue weighted by atomic mass is 10.2. The molecule has 3 N–H and O–H groups in total. The quantitative estimate of drug-likeness (QED) is 0.493. The molecule has 158 valence electrons. The maximum Gasteiger partial charge on any atom is 0.285 e. The van der Waals surface area contributed by atoms with E-state index in [2.05, 4.69) is 5.32 Å². The van der Waals surface area contributed by atoms with Gasteiger partial charge in [-0.2, -0.15) is 0 Å². The fourth-order valence-corrected chi connectivity index (χ4v) is 2.87. The molecule has 0 atom stereocenters. The third-order valence-electron chi connectivity index (χ3n) is 3.68. The summed E-state index contributed by atoms with van der Waals surface area (Å²) in [6.07, 6.45) is 3.01. The Morgan fingerprint density at radius 1 is 1.10 bits per heavy atom. The van der Waals surface area contributed by atoms with Crippen LogP contribution in [-0.2, 0) is 9.59 Å². The molecule has 0 aliphatic carbocycles. The lowest BCUT2D eigenvalue weighted by Gasteiger charge is -2.10. The number of anilines is 1. The van der Waals surface area contributed by atoms with Gasteiger partial charge in [0.05, 0.1) is 7.11 Å². The number of benzene rings is 2. The second kappa shape index (κ2) is 10.9. The molecule has 0 saturated heterocycles. The second-order valence-corrected chi connectivity index (χ2v) is 7.30. The van der Waals surface area contributed by atoms with E-state index in [9.17, 15) is 14.4 Å². The molecule has 0 aliphatic heterocycles. The molecule has 2 aromatic rings. The van der Waals surface area contributed by atoms with Crippen LogP contribution in [0.15, 0.2) is 53.4 Å². The zero-order valence-electron chi connectivity index (χ0n) is 16.9. The van der Waals surface area contributed by atoms with Crippen LogP contribution in [0.1, 0.15) is 5.56 Å². The molecular formula is C21H23N3O5S. The number of rotatable bonds is 8. The van der Waals surface area contributed by atoms with Gasteiger partial charge in [-0.1, -0.05) is 6.07 Å². The van der Waals surface area contributed by atoms with Crippen LogP contribution in [0.2, 0.25) is 0 Å². The number of nitrogens with zero attached hydrogens (tertiary/aromatic N) is 1. The first-order valence-corrected chi connectivity index (χ1v) is 9.67. The Labute approximate surface area is 179 Å². The van der Waals surface area contributed by atoms with Gasteiger partial charge in [0.1, 0.15) is 0 Å². The smallest absolute Gasteiger partial charge is 0.285 e. The van der Waals surface area contributed by atoms with Crippen molar-refractivity contribution in [2.45, 2.75) is 4.90 Å². The molecule has 0 aromatic heterocycles. The van der Waals surface area contributed by atoms with Crippen LogP contribution >= 0.6 is 11.8 Å². The number of carbonyl (C=O) groups excluding carboxylic acids is 3. The van der Waals surface area contributed by atoms with Crippen molar-refractivity contribution in [2.75, 3.05) is 33.1 Å². The summed E-state index contributed by atoms with van der Waals surface area (Å²) in [6, 6.07) is 12.0. The third-order valence-corrected chi connectivity index (χ3v) is 4.72. The predicted octanol–water partition coefficient (Wildman–Crippen LogP) is 2.98. The number of carbonyl (C=O) groups is 3. The number of methoxy groups -OCH3 is 1. The minimum Gasteiger partial charge on any atom is -0.493 e. The molecule has 0 aliphatic rings. The molecule has 2 aromatic carbocycles. The van der Waals surface area contributed by atoms with Gasteiger partial charge in [0.2, 0.25) is 5.91 Å². The zero-order valence-corrected chi connectivity index (χ0v) is 17.7. The van der Waals surface area contributed by atoms with Crippen LogP contribution in [-0.4, -0.2) is 49.8 Å². The van der Waals surface area contributed by atoms with Gasteiger partial charge in [-0.15, -0.1) is 0 Å². The van der Waals surface area contributed by atoms with E-state index in [1.54, 1.807) is 62.6 Å². The molecule has 3 amide bonds. The molecule has 8 nitrogen and oxygen atoms in total. The molecule has 0 saturated carbocycles. The van der Waals surface area contributed by atoms with Crippen molar-refractivity contribution in [3.8, 4) is 11.5 Å². The van der Waals surface area contributed by atoms with Crippen molar-refractivity contribution >= 4 is 40.6 Å². The van der Waals surface area contributed by atoms with Gasteiger partial charge in [0, 0.05) is 30.8 Å². The summed E-state index contributed by atoms with van der Waals surface area (Å²) >= 11 is 1.11. The van der Waals surface area contributed by atoms with E-state index in [0.717, 1.165) is 16.7 Å². The number of hydrogen-bond donors (Lipinski definition) is 2. The highest BCUT2D eigenvalue weighted by Gasteiger charge is 2.08. The normalized spacial score (nSPS) is 10.5. The summed E-state index contributed by atoms with van der Waals surface area (Å²) in [7, 11) is 4.85. The van der Waals surface area contributed by atoms with Gasteiger partial charge in [0.25, 0.3) is 11.1 Å². The highest BCUT2D eigenvalue weighted by Crippen LogP contribution is 2.28. The molecule has 0 unspecified atom stereocenters. The molecule has 0 spiro atoms. The van der Waals surface area contributed by atoms with Crippen LogP contribution in [0.4, 0.5) is 10.5 Å². The highest BCUT2D eigenvalue weighted by atomic mass is 32.2. The van der Waals surface area contributed by atoms with Gasteiger partial charge in [-0.3, -0.25) is 14.4 Å². The van der Waals surface area contributed by atoms with Gasteiger partial charge in [-0.25, -0.2) is 0 Å². The van der Waals surface area contributed by atoms with Crippen LogP contribution in [0.3, 0.4) is 0 Å². The summed E-state index contributed by atoms with van der Waals surface area (Å²) in [5, 5.41) is 2.68. The van der Waals surface area contributed by atoms with E-state index in [4.69, 9.17) is 15.2 Å². The van der Waals surface area contributed by atoms with Crippen LogP contribution < -0.4 is 20.5 Å². The summed E-state index contributed by atoms with van der Waals surface area (Å²) in [4.78, 5) is 37.0. The lowest BCUT2D eigenvalue weighted by Crippen LogP contribution is -2.20. The summed E-state index contributed by atoms with van der Waals surface area (Å²) in [6.45, 7) is -0.255. The first kappa shape index (κ1) is 22.8. The van der Waals surface area contributed by atoms with E-state index in [1.165, 1.54) is 18.1 Å². The largest absolute Gasteiger partial charge is 0.493 e. The summed E-state index contributed by atoms with van der Waals surface area (Å²) in [5.41, 5.74) is 6.39. The first-order valence-electron chi connectivity index (χ1n) is 8.86. The van der Waals surface area contributed by atoms with Gasteiger partial charge in [-0.05, 0) is 59.8 Å². The maximum absolute atomic E-state index is 12.2. The van der Waals surface area contributed by atoms with Crippen molar-refractivity contribution < 1.29 is 23.9 Å². The Kier molecular flexibility index (Phi) is 8.30. The Balaban J connectivity index is 1.97. The fourth-order valence-electron chi connectivity index (χ4n) is 2.21. The average Bonchev–Trinajstić information content (AvgIpc) is 2.72. The second-order valence-electron chi connectivity index (χ2n) is 6.27. The average molecular weight is 429 g/mol. The summed E-state index contributed by atoms with van der Waals surface area (Å²) < 4.78 is 10.5. The topological polar surface area (TPSA) is 111 Å². The minimum atomic E-state index is -0.589. The number of thioether (sulfide) groups is 1. The highest BCUT2D eigenvalue weighted by molar-refractivity contribution is 8.13. The van der Waals surface area contributed by atoms with Crippen LogP contribution in [0, 0.1) is 0 Å². The number of primary amides is 1. The SMILES string of the molecule is COc1cc(/C=C/C(=O)Nc2ccc(SC(=O)N(C)C)cc2)ccc1OCC(N)=O. The maximum atomic E-state index is 12.2. The van der Waals surface area contributed by atoms with E-state index in [0.29, 0.717) is 22.7 Å². The van der Waals surface area contributed by atoms with Gasteiger partial charge < -0.3 is 25.4 Å². The molecule has 2 rings (SSSR count). The predicted molar refractivity (Wildman–Crippen MR) is 117 cm³/mol. The number of amides is 3. The summed E-state index contributed by atoms with van der Waals surface area (Å²) in [5.74, 6) is -0.107. The zero-order chi connectivity index (χ0) is 22.1. The van der Waals surface area contributed by atoms with Crippen molar-refractivity contribution in [3.63, 3.8) is 0 Å². The Morgan fingerprint density at radius 2 is 1.80 bits per heavy atom. The third kappa shape index (κ3) is 7.17. The number of nitrogens with two attached hydrogens (primary N) is 1. The first-order chi connectivity index (χ1) is 14.3. The van der Waals surface area contributed by atoms with Crippen LogP contribution in [0.5, 0.6) is 11.5 Å². The Bertz CT molecular complexity index is 942. The monoisotopic (exact) mass is 429 g/mol. The fraction of sp³-hybridized carbons (Fsp3) is 0.190. The van der Waals surface area contributed by atoms with Crippen molar-refractivity contribution in [1.29, 1.82) is 0 Å². The van der Waals surface area contributed by atoms with E-state index < -0.39 is 5.91 Å². The minimum absolute atomic E-state index is 0.0730. The number of hydrogen-bond acceptors (Lipinski definition) is 6. The molecule has 0 fully saturated rings. The molecule has 0 bridgehead atoms. The van der Waals surface area contributed by atoms with Crippen molar-refractivity contribution in [1.82, 2.24) is 4.90 Å². The van der Waals surface area contributed by atoms with E-state index >= 15 is 0 Å². The van der Waals surface area contributed by atoms with Crippen molar-refractivity contribution in [3.05, 3.63) is 54.1 Å². The van der Waals surface area contributed by atoms with Gasteiger partial charge in [0.15, 0.2) is 18.1 Å². The number of ether oxygens (including phenoxy) is 2. The molecule has 30 heavy (non-hydrogen) atoms. The van der Waals surface area contributed by atoms with Gasteiger partial charge >= 0.3 is 0 Å². The standard InChI is InChI=1S/C21H23N3O5S/c1-24(2)21(27)30-16-8-6-15(7-9-16)23-20(26)11-5-14-4-10-17(18(12-14)28-3)29-13-19(22)25/h4-12H,13H2,1-3H3,(H2,22,25)(H,23,26)/b11-5+. The number of nitrogens with one attached hydrogen (secondary N) is 1. The lowest BCUT2D eigenvalue weighted by molar-refractivity contribution is -0.120. The van der Waals surface area contributed by atoms with Crippen molar-refractivity contribution in [2.24, 2.45) is 5.73 Å². The Hall–Kier alpha value is -3.46. The molecule has 0 heterocycles. The van der Waals surface area contributed by atoms with E-state index in [-0.39, 0.29) is 17.8 Å². The molecular weight excluding hydrogens is 406 g/mol. The van der Waals surface area contributed by atoms with Crippen LogP contribution in [0.25, 0.3) is 6.08 Å².